The molecular formula is C16H26ClIN4. The van der Waals surface area contributed by atoms with Crippen LogP contribution in [0.2, 0.25) is 0 Å². The maximum Gasteiger partial charge on any atom is 0.243 e. The van der Waals surface area contributed by atoms with E-state index in [0.29, 0.717) is 0 Å². The second-order valence-corrected chi connectivity index (χ2v) is 5.03. The van der Waals surface area contributed by atoms with Crippen LogP contribution in [0.25, 0.3) is 0 Å². The fraction of sp³-hybridized carbons (Fsp3) is 0.438. The zero-order valence-electron chi connectivity index (χ0n) is 13.5. The average Bonchev–Trinajstić information content (AvgIpc) is 3.15. The van der Waals surface area contributed by atoms with Crippen LogP contribution in [0.1, 0.15) is 12.8 Å². The molecule has 0 atom stereocenters. The third-order valence-corrected chi connectivity index (χ3v) is 3.27. The van der Waals surface area contributed by atoms with Gasteiger partial charge in [-0.3, -0.25) is 0 Å². The minimum atomic E-state index is 0. The van der Waals surface area contributed by atoms with Gasteiger partial charge in [0.15, 0.2) is 0 Å². The third kappa shape index (κ3) is 7.35. The van der Waals surface area contributed by atoms with Crippen molar-refractivity contribution in [1.82, 2.24) is 4.57 Å². The molecule has 1 aromatic carbocycles. The summed E-state index contributed by atoms with van der Waals surface area (Å²) in [7, 11) is 4.00. The lowest BCUT2D eigenvalue weighted by Crippen LogP contribution is -3.00. The molecule has 4 nitrogen and oxygen atoms in total. The van der Waals surface area contributed by atoms with E-state index in [1.54, 1.807) is 0 Å². The van der Waals surface area contributed by atoms with Gasteiger partial charge in [0, 0.05) is 24.5 Å². The first-order valence-corrected chi connectivity index (χ1v) is 9.26. The lowest BCUT2D eigenvalue weighted by Gasteiger charge is -2.17. The Morgan fingerprint density at radius 1 is 1.09 bits per heavy atom. The van der Waals surface area contributed by atoms with Gasteiger partial charge in [0.25, 0.3) is 0 Å². The molecule has 2 heterocycles. The molecule has 2 aromatic rings. The lowest BCUT2D eigenvalue weighted by molar-refractivity contribution is -0.670. The van der Waals surface area contributed by atoms with Crippen molar-refractivity contribution in [2.75, 3.05) is 28.7 Å². The normalized spacial score (nSPS) is 12.5. The van der Waals surface area contributed by atoms with Crippen LogP contribution in [0.4, 0.5) is 11.4 Å². The first-order valence-electron chi connectivity index (χ1n) is 7.10. The first kappa shape index (κ1) is 21.0. The molecule has 1 aliphatic rings. The molecule has 0 aliphatic carbocycles. The molecule has 1 fully saturated rings. The lowest BCUT2D eigenvalue weighted by atomic mass is 10.2. The smallest absolute Gasteiger partial charge is 0.243 e. The van der Waals surface area contributed by atoms with E-state index in [2.05, 4.69) is 39.6 Å². The SMILES string of the molecule is CI.Cn1cc[n+](C)c1.Nc1ccc(N2CCCC2)cc1.[Cl-]. The summed E-state index contributed by atoms with van der Waals surface area (Å²) in [6, 6.07) is 8.13. The molecule has 0 spiro atoms. The highest BCUT2D eigenvalue weighted by Crippen LogP contribution is 2.20. The van der Waals surface area contributed by atoms with E-state index < -0.39 is 0 Å². The summed E-state index contributed by atoms with van der Waals surface area (Å²) in [5.74, 6) is 0. The quantitative estimate of drug-likeness (QED) is 0.290. The summed E-state index contributed by atoms with van der Waals surface area (Å²) in [6.45, 7) is 2.40. The van der Waals surface area contributed by atoms with Crippen LogP contribution in [0.5, 0.6) is 0 Å². The van der Waals surface area contributed by atoms with Crippen LogP contribution in [-0.4, -0.2) is 22.6 Å². The predicted octanol–water partition coefficient (Wildman–Crippen LogP) is -0.226. The van der Waals surface area contributed by atoms with Gasteiger partial charge in [-0.2, -0.15) is 0 Å². The predicted molar refractivity (Wildman–Crippen MR) is 98.8 cm³/mol. The number of aryl methyl sites for hydroxylation is 2. The number of rotatable bonds is 1. The number of imidazole rings is 1. The van der Waals surface area contributed by atoms with E-state index in [0.717, 1.165) is 5.69 Å². The molecule has 124 valence electrons. The number of halogens is 2. The van der Waals surface area contributed by atoms with Crippen LogP contribution in [0, 0.1) is 0 Å². The van der Waals surface area contributed by atoms with E-state index in [-0.39, 0.29) is 12.4 Å². The van der Waals surface area contributed by atoms with Crippen LogP contribution in [0.15, 0.2) is 43.0 Å². The van der Waals surface area contributed by atoms with E-state index in [1.807, 2.05) is 59.0 Å². The van der Waals surface area contributed by atoms with Crippen molar-refractivity contribution in [2.45, 2.75) is 12.8 Å². The second kappa shape index (κ2) is 11.6. The number of nitrogens with two attached hydrogens (primary N) is 1. The minimum absolute atomic E-state index is 0. The van der Waals surface area contributed by atoms with Crippen LogP contribution < -0.4 is 27.6 Å². The summed E-state index contributed by atoms with van der Waals surface area (Å²) < 4.78 is 4.00. The van der Waals surface area contributed by atoms with Gasteiger partial charge in [-0.1, -0.05) is 22.6 Å². The van der Waals surface area contributed by atoms with Crippen molar-refractivity contribution in [3.05, 3.63) is 43.0 Å². The van der Waals surface area contributed by atoms with Gasteiger partial charge in [0.05, 0.1) is 14.1 Å². The second-order valence-electron chi connectivity index (χ2n) is 5.03. The monoisotopic (exact) mass is 436 g/mol. The average molecular weight is 437 g/mol. The van der Waals surface area contributed by atoms with Crippen molar-refractivity contribution in [3.63, 3.8) is 0 Å². The molecule has 1 saturated heterocycles. The van der Waals surface area contributed by atoms with E-state index >= 15 is 0 Å². The van der Waals surface area contributed by atoms with Crippen LogP contribution in [-0.2, 0) is 14.1 Å². The number of nitrogens with zero attached hydrogens (tertiary/aromatic N) is 3. The Morgan fingerprint density at radius 3 is 2.00 bits per heavy atom. The van der Waals surface area contributed by atoms with Crippen molar-refractivity contribution in [3.8, 4) is 0 Å². The number of aromatic nitrogens is 2. The number of alkyl halides is 1. The summed E-state index contributed by atoms with van der Waals surface area (Å²) >= 11 is 2.15. The molecule has 0 amide bonds. The molecule has 0 unspecified atom stereocenters. The van der Waals surface area contributed by atoms with E-state index in [4.69, 9.17) is 5.73 Å². The molecule has 0 radical (unpaired) electrons. The van der Waals surface area contributed by atoms with Gasteiger partial charge in [-0.05, 0) is 42.0 Å². The Hall–Kier alpha value is -0.950. The molecular weight excluding hydrogens is 411 g/mol. The van der Waals surface area contributed by atoms with Crippen molar-refractivity contribution in [1.29, 1.82) is 0 Å². The number of hydrogen-bond acceptors (Lipinski definition) is 2. The highest BCUT2D eigenvalue weighted by atomic mass is 127. The van der Waals surface area contributed by atoms with Crippen molar-refractivity contribution >= 4 is 34.0 Å². The Morgan fingerprint density at radius 2 is 1.64 bits per heavy atom. The van der Waals surface area contributed by atoms with Crippen LogP contribution in [0.3, 0.4) is 0 Å². The molecule has 0 saturated carbocycles. The van der Waals surface area contributed by atoms with E-state index in [1.165, 1.54) is 31.6 Å². The summed E-state index contributed by atoms with van der Waals surface area (Å²) in [6.07, 6.45) is 8.65. The zero-order chi connectivity index (χ0) is 15.7. The summed E-state index contributed by atoms with van der Waals surface area (Å²) in [4.78, 5) is 4.37. The van der Waals surface area contributed by atoms with Gasteiger partial charge >= 0.3 is 0 Å². The molecule has 0 bridgehead atoms. The minimum Gasteiger partial charge on any atom is -1.00 e. The highest BCUT2D eigenvalue weighted by Gasteiger charge is 2.11. The molecule has 3 rings (SSSR count). The number of benzene rings is 1. The zero-order valence-corrected chi connectivity index (χ0v) is 16.5. The van der Waals surface area contributed by atoms with Gasteiger partial charge in [0.1, 0.15) is 12.4 Å². The fourth-order valence-corrected chi connectivity index (χ4v) is 2.24. The van der Waals surface area contributed by atoms with Gasteiger partial charge in [0.2, 0.25) is 6.33 Å². The summed E-state index contributed by atoms with van der Waals surface area (Å²) in [5, 5.41) is 0. The Labute approximate surface area is 153 Å². The Bertz CT molecular complexity index is 491. The fourth-order valence-electron chi connectivity index (χ4n) is 2.24. The van der Waals surface area contributed by atoms with Gasteiger partial charge in [-0.15, -0.1) is 0 Å². The first-order chi connectivity index (χ1) is 10.1. The number of hydrogen-bond donors (Lipinski definition) is 1. The maximum atomic E-state index is 5.61. The molecule has 1 aromatic heterocycles. The van der Waals surface area contributed by atoms with Crippen molar-refractivity contribution < 1.29 is 17.0 Å². The largest absolute Gasteiger partial charge is 1.00 e. The van der Waals surface area contributed by atoms with Crippen LogP contribution >= 0.6 is 22.6 Å². The third-order valence-electron chi connectivity index (χ3n) is 3.27. The number of nitrogen functional groups attached to an aromatic ring is 1. The molecule has 22 heavy (non-hydrogen) atoms. The standard InChI is InChI=1S/C10H14N2.C5H9N2.CH3I.ClH/c11-9-3-5-10(6-4-9)12-7-1-2-8-12;1-6-3-4-7(2)5-6;1-2;/h3-6H,1-2,7-8,11H2;3-5H,1-2H3;1H3;1H/q;+1;;/p-1. The number of anilines is 2. The molecule has 6 heteroatoms. The summed E-state index contributed by atoms with van der Waals surface area (Å²) in [5.41, 5.74) is 7.76. The Balaban J connectivity index is 0.000000381. The topological polar surface area (TPSA) is 38.1 Å². The van der Waals surface area contributed by atoms with Gasteiger partial charge in [-0.25, -0.2) is 9.13 Å². The van der Waals surface area contributed by atoms with Crippen molar-refractivity contribution in [2.24, 2.45) is 14.1 Å². The van der Waals surface area contributed by atoms with E-state index in [9.17, 15) is 0 Å². The highest BCUT2D eigenvalue weighted by molar-refractivity contribution is 14.1. The Kier molecular flexibility index (Phi) is 11.1. The maximum absolute atomic E-state index is 5.61. The van der Waals surface area contributed by atoms with Gasteiger partial charge < -0.3 is 23.0 Å². The molecule has 1 aliphatic heterocycles. The molecule has 2 N–H and O–H groups in total.